The van der Waals surface area contributed by atoms with Crippen LogP contribution in [0.15, 0.2) is 114 Å². The van der Waals surface area contributed by atoms with E-state index in [1.807, 2.05) is 23.1 Å². The van der Waals surface area contributed by atoms with Gasteiger partial charge in [0.1, 0.15) is 11.4 Å². The number of hydrogen-bond donors (Lipinski definition) is 2. The fourth-order valence-corrected chi connectivity index (χ4v) is 6.63. The maximum absolute atomic E-state index is 13.6. The summed E-state index contributed by atoms with van der Waals surface area (Å²) in [6, 6.07) is 34.3. The van der Waals surface area contributed by atoms with Gasteiger partial charge in [-0.25, -0.2) is 8.42 Å². The van der Waals surface area contributed by atoms with E-state index in [1.54, 1.807) is 30.3 Å². The van der Waals surface area contributed by atoms with Gasteiger partial charge in [-0.3, -0.25) is 14.4 Å². The Hall–Kier alpha value is -4.60. The van der Waals surface area contributed by atoms with Gasteiger partial charge in [0.2, 0.25) is 0 Å². The SMILES string of the molecule is COc1ccc(S(=O)(=O)Nc2cccc3cc(C(=O)N4CCN(C(c5ccccc5)c5ccccc5)CC4)[nH]c23)cc1. The Kier molecular flexibility index (Phi) is 7.69. The van der Waals surface area contributed by atoms with Crippen molar-refractivity contribution in [2.24, 2.45) is 0 Å². The average Bonchev–Trinajstić information content (AvgIpc) is 3.48. The van der Waals surface area contributed by atoms with Crippen LogP contribution < -0.4 is 9.46 Å². The summed E-state index contributed by atoms with van der Waals surface area (Å²) >= 11 is 0. The summed E-state index contributed by atoms with van der Waals surface area (Å²) in [6.45, 7) is 2.63. The molecule has 4 aromatic carbocycles. The van der Waals surface area contributed by atoms with Crippen LogP contribution in [0.1, 0.15) is 27.7 Å². The number of sulfonamides is 1. The number of benzene rings is 4. The maximum Gasteiger partial charge on any atom is 0.270 e. The van der Waals surface area contributed by atoms with Gasteiger partial charge in [0.25, 0.3) is 15.9 Å². The first-order chi connectivity index (χ1) is 20.4. The molecule has 9 heteroatoms. The Balaban J connectivity index is 1.19. The minimum Gasteiger partial charge on any atom is -0.497 e. The molecule has 0 aliphatic carbocycles. The number of H-pyrrole nitrogens is 1. The molecule has 2 N–H and O–H groups in total. The predicted octanol–water partition coefficient (Wildman–Crippen LogP) is 5.52. The van der Waals surface area contributed by atoms with Crippen LogP contribution in [0.2, 0.25) is 0 Å². The zero-order chi connectivity index (χ0) is 29.1. The lowest BCUT2D eigenvalue weighted by Crippen LogP contribution is -2.50. The van der Waals surface area contributed by atoms with Gasteiger partial charge < -0.3 is 14.6 Å². The van der Waals surface area contributed by atoms with Crippen LogP contribution >= 0.6 is 0 Å². The van der Waals surface area contributed by atoms with Gasteiger partial charge in [-0.2, -0.15) is 0 Å². The first kappa shape index (κ1) is 27.6. The molecule has 1 aliphatic rings. The summed E-state index contributed by atoms with van der Waals surface area (Å²) in [5.41, 5.74) is 3.81. The van der Waals surface area contributed by atoms with E-state index in [2.05, 4.69) is 63.1 Å². The molecule has 5 aromatic rings. The number of fused-ring (bicyclic) bond motifs is 1. The molecule has 1 aromatic heterocycles. The van der Waals surface area contributed by atoms with E-state index in [1.165, 1.54) is 30.4 Å². The van der Waals surface area contributed by atoms with Gasteiger partial charge in [0.05, 0.1) is 29.3 Å². The number of piperazine rings is 1. The molecule has 0 atom stereocenters. The van der Waals surface area contributed by atoms with Gasteiger partial charge >= 0.3 is 0 Å². The van der Waals surface area contributed by atoms with Crippen molar-refractivity contribution in [2.45, 2.75) is 10.9 Å². The molecule has 6 rings (SSSR count). The smallest absolute Gasteiger partial charge is 0.270 e. The lowest BCUT2D eigenvalue weighted by Gasteiger charge is -2.39. The first-order valence-corrected chi connectivity index (χ1v) is 15.3. The fourth-order valence-electron chi connectivity index (χ4n) is 5.55. The number of ether oxygens (including phenoxy) is 1. The zero-order valence-corrected chi connectivity index (χ0v) is 24.1. The van der Waals surface area contributed by atoms with E-state index < -0.39 is 10.0 Å². The molecule has 1 saturated heterocycles. The van der Waals surface area contributed by atoms with Crippen molar-refractivity contribution >= 4 is 32.5 Å². The van der Waals surface area contributed by atoms with Crippen molar-refractivity contribution in [3.8, 4) is 5.75 Å². The van der Waals surface area contributed by atoms with Gasteiger partial charge in [0, 0.05) is 31.6 Å². The first-order valence-electron chi connectivity index (χ1n) is 13.8. The second-order valence-corrected chi connectivity index (χ2v) is 12.0. The molecule has 1 amide bonds. The molecule has 2 heterocycles. The number of rotatable bonds is 8. The largest absolute Gasteiger partial charge is 0.497 e. The topological polar surface area (TPSA) is 94.7 Å². The number of aromatic amines is 1. The Labute approximate surface area is 245 Å². The Bertz CT molecular complexity index is 1740. The minimum absolute atomic E-state index is 0.106. The number of methoxy groups -OCH3 is 1. The molecule has 0 spiro atoms. The number of anilines is 1. The van der Waals surface area contributed by atoms with E-state index in [0.717, 1.165) is 18.5 Å². The second-order valence-electron chi connectivity index (χ2n) is 10.3. The van der Waals surface area contributed by atoms with Crippen molar-refractivity contribution in [3.63, 3.8) is 0 Å². The molecule has 1 fully saturated rings. The van der Waals surface area contributed by atoms with Crippen molar-refractivity contribution in [1.29, 1.82) is 0 Å². The lowest BCUT2D eigenvalue weighted by atomic mass is 9.96. The Morgan fingerprint density at radius 1 is 0.810 bits per heavy atom. The zero-order valence-electron chi connectivity index (χ0n) is 23.2. The molecule has 0 saturated carbocycles. The van der Waals surface area contributed by atoms with Crippen molar-refractivity contribution in [2.75, 3.05) is 38.0 Å². The van der Waals surface area contributed by atoms with Gasteiger partial charge in [-0.05, 0) is 47.5 Å². The number of hydrogen-bond acceptors (Lipinski definition) is 5. The molecule has 0 unspecified atom stereocenters. The summed E-state index contributed by atoms with van der Waals surface area (Å²) in [5.74, 6) is 0.464. The summed E-state index contributed by atoms with van der Waals surface area (Å²) < 4.78 is 34.0. The van der Waals surface area contributed by atoms with E-state index in [9.17, 15) is 13.2 Å². The van der Waals surface area contributed by atoms with E-state index in [4.69, 9.17) is 4.74 Å². The third-order valence-electron chi connectivity index (χ3n) is 7.70. The molecular weight excluding hydrogens is 548 g/mol. The molecule has 42 heavy (non-hydrogen) atoms. The van der Waals surface area contributed by atoms with Gasteiger partial charge in [-0.15, -0.1) is 0 Å². The van der Waals surface area contributed by atoms with Crippen LogP contribution in [0.5, 0.6) is 5.75 Å². The highest BCUT2D eigenvalue weighted by Crippen LogP contribution is 2.31. The average molecular weight is 581 g/mol. The van der Waals surface area contributed by atoms with Crippen molar-refractivity contribution in [1.82, 2.24) is 14.8 Å². The van der Waals surface area contributed by atoms with Crippen LogP contribution in [0.4, 0.5) is 5.69 Å². The van der Waals surface area contributed by atoms with Crippen LogP contribution in [0.3, 0.4) is 0 Å². The second kappa shape index (κ2) is 11.7. The quantitative estimate of drug-likeness (QED) is 0.252. The van der Waals surface area contributed by atoms with Gasteiger partial charge in [-0.1, -0.05) is 72.8 Å². The van der Waals surface area contributed by atoms with Crippen LogP contribution in [-0.4, -0.2) is 62.4 Å². The van der Waals surface area contributed by atoms with Crippen LogP contribution in [0, 0.1) is 0 Å². The highest BCUT2D eigenvalue weighted by molar-refractivity contribution is 7.92. The number of nitrogens with one attached hydrogen (secondary N) is 2. The number of amides is 1. The molecule has 0 radical (unpaired) electrons. The molecule has 8 nitrogen and oxygen atoms in total. The third-order valence-corrected chi connectivity index (χ3v) is 9.08. The number of carbonyl (C=O) groups excluding carboxylic acids is 1. The number of nitrogens with zero attached hydrogens (tertiary/aromatic N) is 2. The standard InChI is InChI=1S/C33H32N4O4S/c1-41-27-15-17-28(18-16-27)42(39,40)35-29-14-8-13-26-23-30(34-31(26)29)33(38)37-21-19-36(20-22-37)32(24-9-4-2-5-10-24)25-11-6-3-7-12-25/h2-18,23,32,34-35H,19-22H2,1H3. The Morgan fingerprint density at radius 3 is 2.02 bits per heavy atom. The van der Waals surface area contributed by atoms with Gasteiger partial charge in [0.15, 0.2) is 0 Å². The number of para-hydroxylation sites is 1. The maximum atomic E-state index is 13.6. The van der Waals surface area contributed by atoms with E-state index >= 15 is 0 Å². The molecule has 1 aliphatic heterocycles. The van der Waals surface area contributed by atoms with E-state index in [0.29, 0.717) is 35.7 Å². The minimum atomic E-state index is -3.85. The number of carbonyl (C=O) groups is 1. The van der Waals surface area contributed by atoms with Crippen molar-refractivity contribution in [3.05, 3.63) is 126 Å². The normalized spacial score (nSPS) is 14.3. The highest BCUT2D eigenvalue weighted by atomic mass is 32.2. The monoisotopic (exact) mass is 580 g/mol. The van der Waals surface area contributed by atoms with Crippen molar-refractivity contribution < 1.29 is 17.9 Å². The van der Waals surface area contributed by atoms with Crippen LogP contribution in [0.25, 0.3) is 10.9 Å². The molecule has 0 bridgehead atoms. The summed E-state index contributed by atoms with van der Waals surface area (Å²) in [6.07, 6.45) is 0. The fraction of sp³-hybridized carbons (Fsp3) is 0.182. The molecular formula is C33H32N4O4S. The summed E-state index contributed by atoms with van der Waals surface area (Å²) in [5, 5.41) is 0.750. The van der Waals surface area contributed by atoms with Crippen LogP contribution in [-0.2, 0) is 10.0 Å². The summed E-state index contributed by atoms with van der Waals surface area (Å²) in [7, 11) is -2.32. The molecule has 214 valence electrons. The number of aromatic nitrogens is 1. The lowest BCUT2D eigenvalue weighted by molar-refractivity contribution is 0.0592. The Morgan fingerprint density at radius 2 is 1.43 bits per heavy atom. The highest BCUT2D eigenvalue weighted by Gasteiger charge is 2.29. The summed E-state index contributed by atoms with van der Waals surface area (Å²) in [4.78, 5) is 21.2. The third kappa shape index (κ3) is 5.61. The predicted molar refractivity (Wildman–Crippen MR) is 164 cm³/mol. The van der Waals surface area contributed by atoms with E-state index in [-0.39, 0.29) is 16.8 Å².